The molecule has 1 fully saturated rings. The lowest BCUT2D eigenvalue weighted by atomic mass is 9.99. The topological polar surface area (TPSA) is 114 Å². The highest BCUT2D eigenvalue weighted by atomic mass is 16.5. The third kappa shape index (κ3) is 10.6. The molecule has 0 aromatic rings. The van der Waals surface area contributed by atoms with Gasteiger partial charge in [-0.1, -0.05) is 61.3 Å². The van der Waals surface area contributed by atoms with E-state index >= 15 is 0 Å². The Morgan fingerprint density at radius 1 is 0.818 bits per heavy atom. The number of esters is 1. The van der Waals surface area contributed by atoms with Crippen LogP contribution < -0.4 is 16.0 Å². The van der Waals surface area contributed by atoms with E-state index < -0.39 is 36.1 Å². The lowest BCUT2D eigenvalue weighted by Gasteiger charge is -2.27. The monoisotopic (exact) mass is 467 g/mol. The van der Waals surface area contributed by atoms with Gasteiger partial charge in [0.05, 0.1) is 6.42 Å². The van der Waals surface area contributed by atoms with E-state index in [0.717, 1.165) is 19.3 Å². The molecule has 3 N–H and O–H groups in total. The number of rotatable bonds is 9. The minimum Gasteiger partial charge on any atom is -0.460 e. The standard InChI is InChI=1S/C25H45N3O5/c1-8-9-10-11-18-14-21(29)26-19(12-15(2)3)23(30)27-20(13-16(4)5)24(31)28-22(17(6)7)25(32)33-18/h15-20,22H,8-14H2,1-7H3,(H,26,29)(H,27,30)(H,28,31)/t18?,19-,20+,22+/m1/s1. The first-order chi connectivity index (χ1) is 15.4. The van der Waals surface area contributed by atoms with Gasteiger partial charge in [-0.25, -0.2) is 4.79 Å². The molecule has 1 unspecified atom stereocenters. The summed E-state index contributed by atoms with van der Waals surface area (Å²) in [5, 5.41) is 8.44. The first-order valence-electron chi connectivity index (χ1n) is 12.5. The van der Waals surface area contributed by atoms with Crippen molar-refractivity contribution < 1.29 is 23.9 Å². The molecule has 33 heavy (non-hydrogen) atoms. The fraction of sp³-hybridized carbons (Fsp3) is 0.840. The van der Waals surface area contributed by atoms with Crippen LogP contribution in [0.3, 0.4) is 0 Å². The number of unbranched alkanes of at least 4 members (excludes halogenated alkanes) is 2. The second kappa shape index (κ2) is 14.2. The maximum atomic E-state index is 13.1. The molecular formula is C25H45N3O5. The molecule has 0 saturated carbocycles. The molecule has 0 radical (unpaired) electrons. The summed E-state index contributed by atoms with van der Waals surface area (Å²) in [6.07, 6.45) is 3.61. The maximum Gasteiger partial charge on any atom is 0.329 e. The lowest BCUT2D eigenvalue weighted by Crippen LogP contribution is -2.56. The van der Waals surface area contributed by atoms with Gasteiger partial charge in [-0.15, -0.1) is 0 Å². The van der Waals surface area contributed by atoms with Gasteiger partial charge in [0.2, 0.25) is 17.7 Å². The van der Waals surface area contributed by atoms with Crippen molar-refractivity contribution in [3.05, 3.63) is 0 Å². The van der Waals surface area contributed by atoms with Gasteiger partial charge in [0.25, 0.3) is 0 Å². The quantitative estimate of drug-likeness (QED) is 0.356. The van der Waals surface area contributed by atoms with E-state index in [1.165, 1.54) is 0 Å². The van der Waals surface area contributed by atoms with E-state index in [-0.39, 0.29) is 36.0 Å². The van der Waals surface area contributed by atoms with Crippen molar-refractivity contribution in [3.63, 3.8) is 0 Å². The molecule has 1 heterocycles. The molecule has 0 spiro atoms. The summed E-state index contributed by atoms with van der Waals surface area (Å²) in [5.74, 6) is -1.57. The molecule has 0 aromatic carbocycles. The molecule has 8 nitrogen and oxygen atoms in total. The number of cyclic esters (lactones) is 1. The van der Waals surface area contributed by atoms with E-state index in [1.807, 2.05) is 41.5 Å². The SMILES string of the molecule is CCCCCC1CC(=O)N[C@H](CC(C)C)C(=O)N[C@@H](CC(C)C)C(=O)N[C@@H](C(C)C)C(=O)O1. The van der Waals surface area contributed by atoms with Crippen molar-refractivity contribution in [2.75, 3.05) is 0 Å². The van der Waals surface area contributed by atoms with Gasteiger partial charge in [-0.05, 0) is 43.4 Å². The van der Waals surface area contributed by atoms with E-state index in [4.69, 9.17) is 4.74 Å². The maximum absolute atomic E-state index is 13.1. The molecule has 1 aliphatic rings. The normalized spacial score (nSPS) is 25.6. The molecule has 190 valence electrons. The summed E-state index contributed by atoms with van der Waals surface area (Å²) >= 11 is 0. The van der Waals surface area contributed by atoms with Crippen LogP contribution in [-0.2, 0) is 23.9 Å². The lowest BCUT2D eigenvalue weighted by molar-refractivity contribution is -0.156. The van der Waals surface area contributed by atoms with Gasteiger partial charge in [0, 0.05) is 0 Å². The van der Waals surface area contributed by atoms with E-state index in [0.29, 0.717) is 19.3 Å². The molecule has 0 aromatic heterocycles. The Morgan fingerprint density at radius 3 is 1.88 bits per heavy atom. The van der Waals surface area contributed by atoms with Gasteiger partial charge < -0.3 is 20.7 Å². The number of hydrogen-bond acceptors (Lipinski definition) is 5. The van der Waals surface area contributed by atoms with Crippen LogP contribution in [0.25, 0.3) is 0 Å². The second-order valence-electron chi connectivity index (χ2n) is 10.4. The van der Waals surface area contributed by atoms with Gasteiger partial charge in [-0.2, -0.15) is 0 Å². The summed E-state index contributed by atoms with van der Waals surface area (Å²) < 4.78 is 5.74. The third-order valence-electron chi connectivity index (χ3n) is 5.74. The Hall–Kier alpha value is -2.12. The van der Waals surface area contributed by atoms with Crippen LogP contribution >= 0.6 is 0 Å². The smallest absolute Gasteiger partial charge is 0.329 e. The Labute approximate surface area is 199 Å². The highest BCUT2D eigenvalue weighted by molar-refractivity contribution is 5.94. The average molecular weight is 468 g/mol. The molecule has 1 aliphatic heterocycles. The van der Waals surface area contributed by atoms with Gasteiger partial charge in [0.15, 0.2) is 0 Å². The van der Waals surface area contributed by atoms with Crippen LogP contribution in [0.15, 0.2) is 0 Å². The van der Waals surface area contributed by atoms with Crippen LogP contribution in [-0.4, -0.2) is 47.9 Å². The van der Waals surface area contributed by atoms with Crippen LogP contribution in [0, 0.1) is 17.8 Å². The van der Waals surface area contributed by atoms with Crippen molar-refractivity contribution >= 4 is 23.7 Å². The second-order valence-corrected chi connectivity index (χ2v) is 10.4. The summed E-state index contributed by atoms with van der Waals surface area (Å²) in [7, 11) is 0. The molecule has 3 amide bonds. The Bertz CT molecular complexity index is 662. The highest BCUT2D eigenvalue weighted by Crippen LogP contribution is 2.16. The zero-order chi connectivity index (χ0) is 25.1. The molecule has 0 bridgehead atoms. The van der Waals surface area contributed by atoms with Gasteiger partial charge in [0.1, 0.15) is 24.2 Å². The molecular weight excluding hydrogens is 422 g/mol. The van der Waals surface area contributed by atoms with E-state index in [1.54, 1.807) is 0 Å². The molecule has 4 atom stereocenters. The summed E-state index contributed by atoms with van der Waals surface area (Å²) in [5.41, 5.74) is 0. The minimum atomic E-state index is -0.854. The Kier molecular flexibility index (Phi) is 12.4. The summed E-state index contributed by atoms with van der Waals surface area (Å²) in [4.78, 5) is 52.1. The number of ether oxygens (including phenoxy) is 1. The zero-order valence-corrected chi connectivity index (χ0v) is 21.5. The fourth-order valence-electron chi connectivity index (χ4n) is 3.95. The fourth-order valence-corrected chi connectivity index (χ4v) is 3.95. The predicted octanol–water partition coefficient (Wildman–Crippen LogP) is 3.08. The predicted molar refractivity (Wildman–Crippen MR) is 128 cm³/mol. The van der Waals surface area contributed by atoms with Crippen molar-refractivity contribution in [1.82, 2.24) is 16.0 Å². The van der Waals surface area contributed by atoms with Crippen molar-refractivity contribution in [3.8, 4) is 0 Å². The zero-order valence-electron chi connectivity index (χ0n) is 21.5. The number of nitrogens with one attached hydrogen (secondary N) is 3. The van der Waals surface area contributed by atoms with Gasteiger partial charge >= 0.3 is 5.97 Å². The van der Waals surface area contributed by atoms with Crippen molar-refractivity contribution in [2.24, 2.45) is 17.8 Å². The number of carbonyl (C=O) groups excluding carboxylic acids is 4. The number of carbonyl (C=O) groups is 4. The van der Waals surface area contributed by atoms with E-state index in [9.17, 15) is 19.2 Å². The molecule has 8 heteroatoms. The van der Waals surface area contributed by atoms with Crippen LogP contribution in [0.1, 0.15) is 93.4 Å². The first-order valence-corrected chi connectivity index (χ1v) is 12.5. The summed E-state index contributed by atoms with van der Waals surface area (Å²) in [6, 6.07) is -2.42. The minimum absolute atomic E-state index is 0.00842. The van der Waals surface area contributed by atoms with E-state index in [2.05, 4.69) is 22.9 Å². The third-order valence-corrected chi connectivity index (χ3v) is 5.74. The van der Waals surface area contributed by atoms with Crippen LogP contribution in [0.4, 0.5) is 0 Å². The molecule has 1 saturated heterocycles. The van der Waals surface area contributed by atoms with Crippen LogP contribution in [0.5, 0.6) is 0 Å². The van der Waals surface area contributed by atoms with Gasteiger partial charge in [-0.3, -0.25) is 14.4 Å². The van der Waals surface area contributed by atoms with Crippen molar-refractivity contribution in [1.29, 1.82) is 0 Å². The molecule has 0 aliphatic carbocycles. The van der Waals surface area contributed by atoms with Crippen LogP contribution in [0.2, 0.25) is 0 Å². The highest BCUT2D eigenvalue weighted by Gasteiger charge is 2.34. The molecule has 1 rings (SSSR count). The first kappa shape index (κ1) is 28.9. The number of hydrogen-bond donors (Lipinski definition) is 3. The Balaban J connectivity index is 3.28. The Morgan fingerprint density at radius 2 is 1.36 bits per heavy atom. The number of amides is 3. The largest absolute Gasteiger partial charge is 0.460 e. The summed E-state index contributed by atoms with van der Waals surface area (Å²) in [6.45, 7) is 13.6. The average Bonchev–Trinajstić information content (AvgIpc) is 2.69. The van der Waals surface area contributed by atoms with Crippen molar-refractivity contribution in [2.45, 2.75) is 118 Å².